The Bertz CT molecular complexity index is 778. The molecule has 1 saturated heterocycles. The summed E-state index contributed by atoms with van der Waals surface area (Å²) in [6.07, 6.45) is 2.98. The predicted molar refractivity (Wildman–Crippen MR) is 96.5 cm³/mol. The molecule has 3 heterocycles. The van der Waals surface area contributed by atoms with Crippen molar-refractivity contribution in [3.8, 4) is 0 Å². The summed E-state index contributed by atoms with van der Waals surface area (Å²) in [5.41, 5.74) is 11.5. The van der Waals surface area contributed by atoms with Crippen LogP contribution < -0.4 is 21.1 Å². The maximum absolute atomic E-state index is 6.41. The molecule has 0 spiro atoms. The van der Waals surface area contributed by atoms with Crippen molar-refractivity contribution in [1.82, 2.24) is 15.4 Å². The number of nitrogens with one attached hydrogen (secondary N) is 1. The molecule has 4 rings (SSSR count). The molecule has 2 aliphatic rings. The van der Waals surface area contributed by atoms with Crippen LogP contribution in [0.4, 0.5) is 11.5 Å². The monoisotopic (exact) mass is 359 g/mol. The fraction of sp³-hybridized carbons (Fsp3) is 0.312. The molecule has 1 fully saturated rings. The fourth-order valence-electron chi connectivity index (χ4n) is 2.85. The number of aromatic nitrogens is 2. The van der Waals surface area contributed by atoms with E-state index in [-0.39, 0.29) is 0 Å². The average Bonchev–Trinajstić information content (AvgIpc) is 3.06. The van der Waals surface area contributed by atoms with E-state index in [2.05, 4.69) is 37.4 Å². The molecule has 1 aromatic carbocycles. The van der Waals surface area contributed by atoms with Crippen LogP contribution in [0, 0.1) is 0 Å². The van der Waals surface area contributed by atoms with Crippen molar-refractivity contribution in [2.45, 2.75) is 5.79 Å². The van der Waals surface area contributed by atoms with Gasteiger partial charge >= 0.3 is 0 Å². The third kappa shape index (κ3) is 3.29. The highest BCUT2D eigenvalue weighted by atomic mass is 35.5. The quantitative estimate of drug-likeness (QED) is 0.792. The van der Waals surface area contributed by atoms with Gasteiger partial charge in [0.1, 0.15) is 17.8 Å². The summed E-state index contributed by atoms with van der Waals surface area (Å²) in [5, 5.41) is 1.98. The lowest BCUT2D eigenvalue weighted by molar-refractivity contribution is 0.122. The van der Waals surface area contributed by atoms with Crippen LogP contribution in [0.5, 0.6) is 0 Å². The lowest BCUT2D eigenvalue weighted by atomic mass is 10.1. The molecule has 130 valence electrons. The number of rotatable bonds is 3. The second-order valence-electron chi connectivity index (χ2n) is 5.84. The van der Waals surface area contributed by atoms with Crippen LogP contribution in [-0.4, -0.2) is 42.6 Å². The van der Waals surface area contributed by atoms with Gasteiger partial charge in [0.2, 0.25) is 5.79 Å². The number of nitrogens with zero attached hydrogens (tertiary/aromatic N) is 5. The van der Waals surface area contributed by atoms with Gasteiger partial charge in [-0.2, -0.15) is 5.43 Å². The van der Waals surface area contributed by atoms with Gasteiger partial charge in [0.25, 0.3) is 0 Å². The third-order valence-corrected chi connectivity index (χ3v) is 4.42. The molecular weight excluding hydrogens is 342 g/mol. The maximum atomic E-state index is 6.41. The second kappa shape index (κ2) is 6.57. The minimum absolute atomic E-state index is 0.351. The Balaban J connectivity index is 1.50. The fourth-order valence-corrected chi connectivity index (χ4v) is 2.99. The Kier molecular flexibility index (Phi) is 4.26. The zero-order valence-corrected chi connectivity index (χ0v) is 14.2. The van der Waals surface area contributed by atoms with Gasteiger partial charge in [-0.25, -0.2) is 20.0 Å². The van der Waals surface area contributed by atoms with E-state index >= 15 is 0 Å². The minimum atomic E-state index is -1.05. The molecule has 3 N–H and O–H groups in total. The van der Waals surface area contributed by atoms with Crippen LogP contribution >= 0.6 is 11.6 Å². The molecule has 0 radical (unpaired) electrons. The Labute approximate surface area is 150 Å². The summed E-state index contributed by atoms with van der Waals surface area (Å²) in [4.78, 5) is 14.7. The van der Waals surface area contributed by atoms with Gasteiger partial charge in [-0.1, -0.05) is 23.7 Å². The number of halogens is 1. The van der Waals surface area contributed by atoms with Crippen LogP contribution in [0.2, 0.25) is 5.15 Å². The molecular formula is C16H18ClN7O. The molecule has 2 aromatic rings. The molecule has 2 aliphatic heterocycles. The minimum Gasteiger partial charge on any atom is -0.378 e. The van der Waals surface area contributed by atoms with E-state index in [1.165, 1.54) is 6.33 Å². The van der Waals surface area contributed by atoms with Crippen molar-refractivity contribution in [1.29, 1.82) is 0 Å². The summed E-state index contributed by atoms with van der Waals surface area (Å²) in [5.74, 6) is -0.484. The Morgan fingerprint density at radius 3 is 2.64 bits per heavy atom. The van der Waals surface area contributed by atoms with Crippen molar-refractivity contribution >= 4 is 29.4 Å². The number of anilines is 2. The van der Waals surface area contributed by atoms with E-state index in [1.54, 1.807) is 17.4 Å². The van der Waals surface area contributed by atoms with E-state index < -0.39 is 5.79 Å². The van der Waals surface area contributed by atoms with Crippen molar-refractivity contribution in [3.63, 3.8) is 0 Å². The average molecular weight is 360 g/mol. The smallest absolute Gasteiger partial charge is 0.207 e. The number of hydrazine groups is 1. The van der Waals surface area contributed by atoms with E-state index in [1.807, 2.05) is 12.1 Å². The van der Waals surface area contributed by atoms with Gasteiger partial charge in [-0.15, -0.1) is 0 Å². The number of hydrogen-bond acceptors (Lipinski definition) is 8. The highest BCUT2D eigenvalue weighted by Crippen LogP contribution is 2.26. The van der Waals surface area contributed by atoms with Crippen molar-refractivity contribution < 1.29 is 4.74 Å². The lowest BCUT2D eigenvalue weighted by Crippen LogP contribution is -2.51. The molecule has 1 aromatic heterocycles. The van der Waals surface area contributed by atoms with Crippen molar-refractivity contribution in [2.24, 2.45) is 10.7 Å². The topological polar surface area (TPSA) is 91.9 Å². The standard InChI is InChI=1S/C16H18ClN7O/c17-14-9-15(20-10-19-14)24-11-21-16(18,22-24)12-1-3-13(4-2-12)23-5-7-25-8-6-23/h1-4,9-11,22H,5-8,18H2. The highest BCUT2D eigenvalue weighted by molar-refractivity contribution is 6.29. The number of ether oxygens (including phenoxy) is 1. The molecule has 0 saturated carbocycles. The summed E-state index contributed by atoms with van der Waals surface area (Å²) in [6.45, 7) is 3.30. The Hall–Kier alpha value is -2.26. The Morgan fingerprint density at radius 2 is 1.92 bits per heavy atom. The summed E-state index contributed by atoms with van der Waals surface area (Å²) in [6, 6.07) is 9.69. The summed E-state index contributed by atoms with van der Waals surface area (Å²) >= 11 is 5.91. The first-order valence-electron chi connectivity index (χ1n) is 7.96. The number of aliphatic imine (C=N–C) groups is 1. The van der Waals surface area contributed by atoms with E-state index in [9.17, 15) is 0 Å². The molecule has 25 heavy (non-hydrogen) atoms. The highest BCUT2D eigenvalue weighted by Gasteiger charge is 2.33. The molecule has 1 atom stereocenters. The van der Waals surface area contributed by atoms with Crippen molar-refractivity contribution in [3.05, 3.63) is 47.4 Å². The molecule has 1 unspecified atom stereocenters. The molecule has 8 nitrogen and oxygen atoms in total. The normalized spacial score (nSPS) is 23.3. The first kappa shape index (κ1) is 16.2. The molecule has 0 amide bonds. The molecule has 9 heteroatoms. The number of nitrogens with two attached hydrogens (primary N) is 1. The molecule has 0 aliphatic carbocycles. The van der Waals surface area contributed by atoms with Gasteiger partial charge in [-0.3, -0.25) is 5.73 Å². The summed E-state index contributed by atoms with van der Waals surface area (Å²) in [7, 11) is 0. The maximum Gasteiger partial charge on any atom is 0.207 e. The van der Waals surface area contributed by atoms with E-state index in [4.69, 9.17) is 22.1 Å². The zero-order chi connectivity index (χ0) is 17.3. The van der Waals surface area contributed by atoms with Crippen LogP contribution in [-0.2, 0) is 10.5 Å². The number of morpholine rings is 1. The second-order valence-corrected chi connectivity index (χ2v) is 6.23. The predicted octanol–water partition coefficient (Wildman–Crippen LogP) is 1.09. The van der Waals surface area contributed by atoms with Crippen LogP contribution in [0.1, 0.15) is 5.56 Å². The SMILES string of the molecule is NC1(c2ccc(N3CCOCC3)cc2)N=CN(c2cc(Cl)ncn2)N1. The first-order chi connectivity index (χ1) is 12.1. The van der Waals surface area contributed by atoms with Crippen molar-refractivity contribution in [2.75, 3.05) is 36.2 Å². The molecule has 0 bridgehead atoms. The first-order valence-corrected chi connectivity index (χ1v) is 8.34. The zero-order valence-electron chi connectivity index (χ0n) is 13.5. The lowest BCUT2D eigenvalue weighted by Gasteiger charge is -2.30. The van der Waals surface area contributed by atoms with Crippen LogP contribution in [0.25, 0.3) is 0 Å². The number of hydrogen-bond donors (Lipinski definition) is 2. The van der Waals surface area contributed by atoms with Gasteiger partial charge in [0.05, 0.1) is 13.2 Å². The largest absolute Gasteiger partial charge is 0.378 e. The van der Waals surface area contributed by atoms with Crippen LogP contribution in [0.15, 0.2) is 41.7 Å². The Morgan fingerprint density at radius 1 is 1.16 bits per heavy atom. The third-order valence-electron chi connectivity index (χ3n) is 4.22. The summed E-state index contributed by atoms with van der Waals surface area (Å²) < 4.78 is 5.39. The van der Waals surface area contributed by atoms with E-state index in [0.29, 0.717) is 11.0 Å². The van der Waals surface area contributed by atoms with Gasteiger partial charge in [0, 0.05) is 30.4 Å². The van der Waals surface area contributed by atoms with Gasteiger partial charge < -0.3 is 9.64 Å². The van der Waals surface area contributed by atoms with Gasteiger partial charge in [0.15, 0.2) is 5.82 Å². The van der Waals surface area contributed by atoms with Gasteiger partial charge in [-0.05, 0) is 12.1 Å². The number of benzene rings is 1. The van der Waals surface area contributed by atoms with E-state index in [0.717, 1.165) is 37.6 Å². The van der Waals surface area contributed by atoms with Crippen LogP contribution in [0.3, 0.4) is 0 Å².